The zero-order valence-corrected chi connectivity index (χ0v) is 73.4. The average Bonchev–Trinajstić information content (AvgIpc) is 1.75. The molecule has 3 heterocycles. The maximum atomic E-state index is 11.0. The lowest BCUT2D eigenvalue weighted by molar-refractivity contribution is -0.142. The summed E-state index contributed by atoms with van der Waals surface area (Å²) in [5, 5.41) is 68.1. The van der Waals surface area contributed by atoms with Gasteiger partial charge >= 0.3 is 41.8 Å². The SMILES string of the molecule is C#CCCCCCC(=O)O.C#CCCCC[C@@H](C)C(=O)O.C#CCCCC[C@H](C)C(=O)O.C=CCCCCCC(=O)O.C=CCCCC[C@@H](C)C(=O)O.C=CCCCC[C@H](C)C(=O)O.CCCCCC[C@@H](C)C(=O)O.CCCCC[C@@H]1NC(=O)C=C1OC.CCCCC[C@@H]1NC(OC)C=C1OC.CCCCC[C@H]1NC(=O)C=C1OC. The molecule has 23 heteroatoms. The fourth-order valence-corrected chi connectivity index (χ4v) is 10.6. The van der Waals surface area contributed by atoms with Crippen molar-refractivity contribution in [2.75, 3.05) is 28.4 Å². The Kier molecular flexibility index (Phi) is 93.4. The normalized spacial score (nSPS) is 15.5. The number of allylic oxidation sites excluding steroid dienone is 3. The van der Waals surface area contributed by atoms with Crippen LogP contribution < -0.4 is 16.0 Å². The topological polar surface area (TPSA) is 368 Å². The summed E-state index contributed by atoms with van der Waals surface area (Å²) in [6, 6.07) is 0.574. The van der Waals surface area contributed by atoms with Crippen LogP contribution in [0, 0.1) is 66.6 Å². The average molecular weight is 1630 g/mol. The number of hydrogen-bond donors (Lipinski definition) is 10. The lowest BCUT2D eigenvalue weighted by Gasteiger charge is -2.15. The molecule has 3 aliphatic rings. The third kappa shape index (κ3) is 86.4. The van der Waals surface area contributed by atoms with E-state index in [0.29, 0.717) is 12.5 Å². The van der Waals surface area contributed by atoms with Crippen molar-refractivity contribution in [3.05, 3.63) is 73.5 Å². The number of aliphatic carboxylic acids is 7. The van der Waals surface area contributed by atoms with Crippen molar-refractivity contribution in [3.63, 3.8) is 0 Å². The first-order valence-corrected chi connectivity index (χ1v) is 42.2. The number of rotatable bonds is 55. The van der Waals surface area contributed by atoms with Gasteiger partial charge in [-0.1, -0.05) is 203 Å². The Morgan fingerprint density at radius 2 is 0.652 bits per heavy atom. The van der Waals surface area contributed by atoms with Gasteiger partial charge in [0.25, 0.3) is 0 Å². The Labute approximate surface area is 695 Å². The Morgan fingerprint density at radius 3 is 0.922 bits per heavy atom. The molecule has 1 unspecified atom stereocenters. The van der Waals surface area contributed by atoms with Crippen molar-refractivity contribution in [2.24, 2.45) is 29.6 Å². The van der Waals surface area contributed by atoms with Crippen molar-refractivity contribution >= 4 is 53.6 Å². The van der Waals surface area contributed by atoms with Crippen LogP contribution in [0.4, 0.5) is 0 Å². The molecular formula is C92H159N3O20. The van der Waals surface area contributed by atoms with Gasteiger partial charge < -0.3 is 65.3 Å². The molecule has 3 aliphatic heterocycles. The van der Waals surface area contributed by atoms with Gasteiger partial charge in [-0.25, -0.2) is 0 Å². The molecule has 0 fully saturated rings. The number of carbonyl (C=O) groups is 9. The number of nitrogens with one attached hydrogen (secondary N) is 3. The standard InChI is InChI=1S/C11H21NO2.2C10H17NO2.C9H18O2.2C9H16O2.2C9H14O2.C8H14O2.C8H12O2/c1-4-5-6-7-9-10(13-2)8-11(12-9)14-3;2*1-3-4-5-6-8-9(13-2)7-10(12)11-8;5*1-3-4-5-6-7-8(2)9(10)11;2*1-2-3-4-5-6-7-8(9)10/h8-9,11-12H,4-7H2,1-3H3;2*7-8H,3-6H2,1-2H3,(H,11,12);8H,3-7H2,1-2H3,(H,10,11);2*3,8H,1,4-7H2,2H3,(H,10,11);2*1,8H,4-7H2,2H3,(H,10,11);2H,1,3-7H2,(H,9,10);1H,3-7H2,(H,9,10)/t9-,11?;7*8-;;/m01011010../s1. The fraction of sp³-hybridized carbons (Fsp3) is 0.707. The third-order valence-corrected chi connectivity index (χ3v) is 18.3. The van der Waals surface area contributed by atoms with Crippen molar-refractivity contribution < 1.29 is 97.8 Å². The number of methoxy groups -OCH3 is 4. The first-order chi connectivity index (χ1) is 54.8. The van der Waals surface area contributed by atoms with Crippen molar-refractivity contribution in [2.45, 2.75) is 363 Å². The molecule has 0 spiro atoms. The number of unbranched alkanes of at least 4 members (excludes halogenated alkanes) is 23. The molecule has 9 atom stereocenters. The second kappa shape index (κ2) is 89.6. The predicted octanol–water partition coefficient (Wildman–Crippen LogP) is 20.5. The molecule has 115 heavy (non-hydrogen) atoms. The lowest BCUT2D eigenvalue weighted by atomic mass is 10.0. The summed E-state index contributed by atoms with van der Waals surface area (Å²) >= 11 is 0. The summed E-state index contributed by atoms with van der Waals surface area (Å²) < 4.78 is 20.7. The zero-order valence-electron chi connectivity index (χ0n) is 73.4. The van der Waals surface area contributed by atoms with Gasteiger partial charge in [0.05, 0.1) is 69.0 Å². The smallest absolute Gasteiger partial charge is 0.306 e. The summed E-state index contributed by atoms with van der Waals surface area (Å²) in [5.74, 6) is 4.17. The first kappa shape index (κ1) is 120. The van der Waals surface area contributed by atoms with Crippen LogP contribution in [0.1, 0.15) is 338 Å². The second-order valence-corrected chi connectivity index (χ2v) is 28.8. The number of hydrogen-bond acceptors (Lipinski definition) is 14. The number of ether oxygens (including phenoxy) is 4. The van der Waals surface area contributed by atoms with Crippen LogP contribution in [0.15, 0.2) is 73.5 Å². The van der Waals surface area contributed by atoms with Crippen molar-refractivity contribution in [1.29, 1.82) is 0 Å². The molecule has 3 rings (SSSR count). The summed E-state index contributed by atoms with van der Waals surface area (Å²) in [5.41, 5.74) is 0. The molecule has 0 saturated heterocycles. The van der Waals surface area contributed by atoms with Crippen LogP contribution in [-0.4, -0.2) is 142 Å². The molecule has 0 aromatic heterocycles. The van der Waals surface area contributed by atoms with Crippen LogP contribution in [-0.2, 0) is 62.1 Å². The Balaban J connectivity index is -0.000000226. The van der Waals surface area contributed by atoms with E-state index >= 15 is 0 Å². The van der Waals surface area contributed by atoms with Gasteiger partial charge in [0, 0.05) is 51.4 Å². The van der Waals surface area contributed by atoms with E-state index in [4.69, 9.17) is 74.0 Å². The number of carboxylic acids is 7. The molecule has 662 valence electrons. The minimum atomic E-state index is -0.722. The maximum Gasteiger partial charge on any atom is 0.306 e. The molecule has 0 radical (unpaired) electrons. The molecular weight excluding hydrogens is 1470 g/mol. The highest BCUT2D eigenvalue weighted by molar-refractivity contribution is 5.91. The monoisotopic (exact) mass is 1630 g/mol. The van der Waals surface area contributed by atoms with Gasteiger partial charge in [-0.05, 0) is 128 Å². The highest BCUT2D eigenvalue weighted by Crippen LogP contribution is 2.21. The van der Waals surface area contributed by atoms with E-state index in [-0.39, 0.29) is 66.1 Å². The van der Waals surface area contributed by atoms with Crippen LogP contribution in [0.3, 0.4) is 0 Å². The third-order valence-electron chi connectivity index (χ3n) is 18.3. The molecule has 0 aromatic carbocycles. The van der Waals surface area contributed by atoms with Crippen LogP contribution in [0.5, 0.6) is 0 Å². The van der Waals surface area contributed by atoms with Gasteiger partial charge in [0.2, 0.25) is 11.8 Å². The van der Waals surface area contributed by atoms with E-state index in [1.165, 1.54) is 76.4 Å². The van der Waals surface area contributed by atoms with Gasteiger partial charge in [0.15, 0.2) is 0 Å². The molecule has 0 bridgehead atoms. The van der Waals surface area contributed by atoms with Crippen molar-refractivity contribution in [1.82, 2.24) is 16.0 Å². The van der Waals surface area contributed by atoms with Gasteiger partial charge in [0.1, 0.15) is 23.5 Å². The number of carboxylic acid groups (broad SMARTS) is 7. The second-order valence-electron chi connectivity index (χ2n) is 28.8. The molecule has 10 N–H and O–H groups in total. The van der Waals surface area contributed by atoms with E-state index in [2.05, 4.69) is 81.1 Å². The first-order valence-electron chi connectivity index (χ1n) is 42.2. The summed E-state index contributed by atoms with van der Waals surface area (Å²) in [6.45, 7) is 28.2. The van der Waals surface area contributed by atoms with E-state index in [1.807, 2.05) is 24.3 Å². The van der Waals surface area contributed by atoms with Gasteiger partial charge in [-0.15, -0.1) is 56.8 Å². The molecule has 0 aromatic rings. The van der Waals surface area contributed by atoms with Gasteiger partial charge in [-0.3, -0.25) is 48.5 Å². The van der Waals surface area contributed by atoms with Crippen LogP contribution >= 0.6 is 0 Å². The molecule has 0 saturated carbocycles. The molecule has 2 amide bonds. The molecule has 0 aliphatic carbocycles. The Morgan fingerprint density at radius 1 is 0.391 bits per heavy atom. The Bertz CT molecular complexity index is 2620. The summed E-state index contributed by atoms with van der Waals surface area (Å²) in [7, 11) is 6.64. The Hall–Kier alpha value is -8.33. The van der Waals surface area contributed by atoms with E-state index in [1.54, 1.807) is 63.1 Å². The number of terminal acetylenes is 3. The number of carbonyl (C=O) groups excluding carboxylic acids is 2. The number of amides is 2. The van der Waals surface area contributed by atoms with E-state index in [0.717, 1.165) is 216 Å². The minimum absolute atomic E-state index is 0.0246. The van der Waals surface area contributed by atoms with E-state index in [9.17, 15) is 43.2 Å². The largest absolute Gasteiger partial charge is 0.500 e. The highest BCUT2D eigenvalue weighted by Gasteiger charge is 2.27. The van der Waals surface area contributed by atoms with Gasteiger partial charge in [-0.2, -0.15) is 0 Å². The highest BCUT2D eigenvalue weighted by atomic mass is 16.5. The quantitative estimate of drug-likeness (QED) is 0.0154. The minimum Gasteiger partial charge on any atom is -0.500 e. The van der Waals surface area contributed by atoms with Crippen LogP contribution in [0.25, 0.3) is 0 Å². The summed E-state index contributed by atoms with van der Waals surface area (Å²) in [6.07, 6.45) is 67.4. The lowest BCUT2D eigenvalue weighted by Crippen LogP contribution is -2.33. The fourth-order valence-electron chi connectivity index (χ4n) is 10.6. The van der Waals surface area contributed by atoms with Crippen molar-refractivity contribution in [3.8, 4) is 37.0 Å². The summed E-state index contributed by atoms with van der Waals surface area (Å²) in [4.78, 5) is 93.7. The van der Waals surface area contributed by atoms with E-state index < -0.39 is 41.8 Å². The maximum absolute atomic E-state index is 11.0. The predicted molar refractivity (Wildman–Crippen MR) is 464 cm³/mol. The molecule has 23 nitrogen and oxygen atoms in total. The zero-order chi connectivity index (χ0) is 88.8. The van der Waals surface area contributed by atoms with Crippen LogP contribution in [0.2, 0.25) is 0 Å².